The number of nitrogens with zero attached hydrogens (tertiary/aromatic N) is 2. The van der Waals surface area contributed by atoms with Gasteiger partial charge in [0, 0.05) is 23.1 Å². The molecule has 3 heterocycles. The molecule has 3 aliphatic heterocycles. The van der Waals surface area contributed by atoms with E-state index in [4.69, 9.17) is 24.0 Å². The van der Waals surface area contributed by atoms with Crippen molar-refractivity contribution in [2.45, 2.75) is 18.7 Å². The molecular weight excluding hydrogens is 380 g/mol. The highest BCUT2D eigenvalue weighted by Crippen LogP contribution is 2.48. The number of hydrazone groups is 1. The van der Waals surface area contributed by atoms with Crippen molar-refractivity contribution in [2.24, 2.45) is 5.10 Å². The highest BCUT2D eigenvalue weighted by Gasteiger charge is 2.41. The summed E-state index contributed by atoms with van der Waals surface area (Å²) in [6.45, 7) is 0.263. The molecule has 3 aliphatic rings. The lowest BCUT2D eigenvalue weighted by molar-refractivity contribution is -0.0191. The second kappa shape index (κ2) is 6.69. The molecule has 3 aromatic rings. The Balaban J connectivity index is 1.43. The smallest absolute Gasteiger partial charge is 0.231 e. The van der Waals surface area contributed by atoms with Gasteiger partial charge in [0.25, 0.3) is 0 Å². The third-order valence-electron chi connectivity index (χ3n) is 5.78. The zero-order chi connectivity index (χ0) is 20.1. The third-order valence-corrected chi connectivity index (χ3v) is 5.78. The fourth-order valence-electron chi connectivity index (χ4n) is 4.30. The summed E-state index contributed by atoms with van der Waals surface area (Å²) in [6.07, 6.45) is 0.465. The van der Waals surface area contributed by atoms with Crippen molar-refractivity contribution >= 4 is 5.71 Å². The van der Waals surface area contributed by atoms with E-state index in [-0.39, 0.29) is 19.1 Å². The van der Waals surface area contributed by atoms with E-state index in [1.54, 1.807) is 7.11 Å². The number of ether oxygens (including phenoxy) is 4. The SMILES string of the molecule is COc1cccc([C@H]2Oc3ccccc3[C@H]3CC(c4ccc5c(c4)OCO5)=NN32)c1. The zero-order valence-electron chi connectivity index (χ0n) is 16.4. The first-order valence-corrected chi connectivity index (χ1v) is 9.95. The van der Waals surface area contributed by atoms with Gasteiger partial charge in [-0.25, -0.2) is 5.01 Å². The van der Waals surface area contributed by atoms with E-state index in [1.165, 1.54) is 0 Å². The lowest BCUT2D eigenvalue weighted by Crippen LogP contribution is -2.33. The van der Waals surface area contributed by atoms with Crippen molar-refractivity contribution in [3.05, 3.63) is 83.4 Å². The van der Waals surface area contributed by atoms with Crippen LogP contribution in [0.4, 0.5) is 0 Å². The number of hydrogen-bond donors (Lipinski definition) is 0. The molecule has 0 unspecified atom stereocenters. The molecule has 0 aromatic heterocycles. The number of fused-ring (bicyclic) bond motifs is 4. The van der Waals surface area contributed by atoms with E-state index < -0.39 is 0 Å². The third kappa shape index (κ3) is 2.68. The van der Waals surface area contributed by atoms with Gasteiger partial charge in [-0.1, -0.05) is 30.3 Å². The van der Waals surface area contributed by atoms with Crippen LogP contribution in [-0.4, -0.2) is 24.6 Å². The molecule has 0 saturated heterocycles. The fraction of sp³-hybridized carbons (Fsp3) is 0.208. The van der Waals surface area contributed by atoms with Crippen molar-refractivity contribution in [1.29, 1.82) is 0 Å². The van der Waals surface area contributed by atoms with E-state index in [0.717, 1.165) is 51.8 Å². The largest absolute Gasteiger partial charge is 0.497 e. The summed E-state index contributed by atoms with van der Waals surface area (Å²) < 4.78 is 22.8. The number of para-hydroxylation sites is 1. The molecular formula is C24H20N2O4. The number of benzene rings is 3. The highest BCUT2D eigenvalue weighted by atomic mass is 16.7. The summed E-state index contributed by atoms with van der Waals surface area (Å²) in [5, 5.41) is 7.07. The first kappa shape index (κ1) is 17.2. The van der Waals surface area contributed by atoms with Gasteiger partial charge < -0.3 is 18.9 Å². The minimum atomic E-state index is -0.327. The summed E-state index contributed by atoms with van der Waals surface area (Å²) in [4.78, 5) is 0. The lowest BCUT2D eigenvalue weighted by Gasteiger charge is -2.38. The summed E-state index contributed by atoms with van der Waals surface area (Å²) in [7, 11) is 1.67. The lowest BCUT2D eigenvalue weighted by atomic mass is 9.96. The van der Waals surface area contributed by atoms with Crippen LogP contribution in [0.2, 0.25) is 0 Å². The van der Waals surface area contributed by atoms with Crippen molar-refractivity contribution in [3.63, 3.8) is 0 Å². The predicted octanol–water partition coefficient (Wildman–Crippen LogP) is 4.67. The van der Waals surface area contributed by atoms with Gasteiger partial charge in [-0.2, -0.15) is 5.10 Å². The van der Waals surface area contributed by atoms with Crippen molar-refractivity contribution < 1.29 is 18.9 Å². The Morgan fingerprint density at radius 3 is 2.77 bits per heavy atom. The van der Waals surface area contributed by atoms with E-state index >= 15 is 0 Å². The molecule has 0 bridgehead atoms. The van der Waals surface area contributed by atoms with Crippen LogP contribution >= 0.6 is 0 Å². The normalized spacial score (nSPS) is 20.8. The Hall–Kier alpha value is -3.67. The number of methoxy groups -OCH3 is 1. The molecule has 6 rings (SSSR count). The average Bonchev–Trinajstić information content (AvgIpc) is 3.45. The maximum absolute atomic E-state index is 6.41. The van der Waals surface area contributed by atoms with Crippen molar-refractivity contribution in [3.8, 4) is 23.0 Å². The molecule has 150 valence electrons. The topological polar surface area (TPSA) is 52.5 Å². The average molecular weight is 400 g/mol. The molecule has 2 atom stereocenters. The second-order valence-corrected chi connectivity index (χ2v) is 7.50. The Bertz CT molecular complexity index is 1160. The van der Waals surface area contributed by atoms with Crippen LogP contribution in [0, 0.1) is 0 Å². The molecule has 6 nitrogen and oxygen atoms in total. The molecule has 0 saturated carbocycles. The predicted molar refractivity (Wildman–Crippen MR) is 111 cm³/mol. The van der Waals surface area contributed by atoms with Gasteiger partial charge in [0.1, 0.15) is 11.5 Å². The molecule has 6 heteroatoms. The van der Waals surface area contributed by atoms with E-state index in [1.807, 2.05) is 60.7 Å². The van der Waals surface area contributed by atoms with Crippen LogP contribution in [0.1, 0.15) is 35.4 Å². The molecule has 0 amide bonds. The molecule has 0 fully saturated rings. The summed E-state index contributed by atoms with van der Waals surface area (Å²) in [6, 6.07) is 22.3. The quantitative estimate of drug-likeness (QED) is 0.640. The maximum Gasteiger partial charge on any atom is 0.231 e. The highest BCUT2D eigenvalue weighted by molar-refractivity contribution is 6.02. The first-order chi connectivity index (χ1) is 14.8. The van der Waals surface area contributed by atoms with E-state index in [9.17, 15) is 0 Å². The monoisotopic (exact) mass is 400 g/mol. The summed E-state index contributed by atoms with van der Waals surface area (Å²) >= 11 is 0. The fourth-order valence-corrected chi connectivity index (χ4v) is 4.30. The molecule has 0 N–H and O–H groups in total. The van der Waals surface area contributed by atoms with Crippen LogP contribution < -0.4 is 18.9 Å². The molecule has 0 radical (unpaired) electrons. The van der Waals surface area contributed by atoms with Crippen LogP contribution in [0.5, 0.6) is 23.0 Å². The zero-order valence-corrected chi connectivity index (χ0v) is 16.4. The Morgan fingerprint density at radius 1 is 0.933 bits per heavy atom. The van der Waals surface area contributed by atoms with E-state index in [0.29, 0.717) is 0 Å². The summed E-state index contributed by atoms with van der Waals surface area (Å²) in [5.74, 6) is 3.23. The van der Waals surface area contributed by atoms with Gasteiger partial charge in [-0.3, -0.25) is 0 Å². The van der Waals surface area contributed by atoms with Gasteiger partial charge in [0.2, 0.25) is 13.0 Å². The van der Waals surface area contributed by atoms with Gasteiger partial charge in [-0.15, -0.1) is 0 Å². The van der Waals surface area contributed by atoms with Gasteiger partial charge in [0.05, 0.1) is 18.9 Å². The molecule has 30 heavy (non-hydrogen) atoms. The van der Waals surface area contributed by atoms with Crippen molar-refractivity contribution in [2.75, 3.05) is 13.9 Å². The molecule has 3 aromatic carbocycles. The summed E-state index contributed by atoms with van der Waals surface area (Å²) in [5.41, 5.74) is 4.20. The minimum Gasteiger partial charge on any atom is -0.497 e. The number of rotatable bonds is 3. The maximum atomic E-state index is 6.41. The van der Waals surface area contributed by atoms with Gasteiger partial charge >= 0.3 is 0 Å². The Kier molecular flexibility index (Phi) is 3.84. The minimum absolute atomic E-state index is 0.103. The van der Waals surface area contributed by atoms with Crippen molar-refractivity contribution in [1.82, 2.24) is 5.01 Å². The first-order valence-electron chi connectivity index (χ1n) is 9.95. The standard InChI is InChI=1S/C24H20N2O4/c1-27-17-6-4-5-16(11-17)24-26-20(18-7-2-3-8-21(18)30-24)13-19(25-26)15-9-10-22-23(12-15)29-14-28-22/h2-12,20,24H,13-14H2,1H3/t20-,24-/m1/s1. The molecule has 0 spiro atoms. The second-order valence-electron chi connectivity index (χ2n) is 7.50. The van der Waals surface area contributed by atoms with Crippen LogP contribution in [0.25, 0.3) is 0 Å². The number of hydrogen-bond acceptors (Lipinski definition) is 6. The Morgan fingerprint density at radius 2 is 1.83 bits per heavy atom. The van der Waals surface area contributed by atoms with E-state index in [2.05, 4.69) is 11.1 Å². The van der Waals surface area contributed by atoms with Gasteiger partial charge in [0.15, 0.2) is 11.5 Å². The van der Waals surface area contributed by atoms with Crippen LogP contribution in [0.15, 0.2) is 71.8 Å². The van der Waals surface area contributed by atoms with Gasteiger partial charge in [-0.05, 0) is 36.4 Å². The Labute approximate surface area is 174 Å². The molecule has 0 aliphatic carbocycles. The van der Waals surface area contributed by atoms with Crippen LogP contribution in [0.3, 0.4) is 0 Å². The van der Waals surface area contributed by atoms with Crippen LogP contribution in [-0.2, 0) is 0 Å².